The average molecular weight is 303 g/mol. The number of rotatable bonds is 7. The Balaban J connectivity index is 2.80. The summed E-state index contributed by atoms with van der Waals surface area (Å²) in [6.07, 6.45) is 2.90. The Morgan fingerprint density at radius 3 is 2.59 bits per heavy atom. The first-order valence-electron chi connectivity index (χ1n) is 6.30. The molecule has 3 nitrogen and oxygen atoms in total. The van der Waals surface area contributed by atoms with Crippen LogP contribution in [-0.2, 0) is 0 Å². The summed E-state index contributed by atoms with van der Waals surface area (Å²) in [5, 5.41) is 0. The summed E-state index contributed by atoms with van der Waals surface area (Å²) in [6, 6.07) is 2.09. The lowest BCUT2D eigenvalue weighted by Crippen LogP contribution is -2.36. The van der Waals surface area contributed by atoms with E-state index in [4.69, 9.17) is 10.2 Å². The number of halogens is 1. The van der Waals surface area contributed by atoms with Gasteiger partial charge in [0.2, 0.25) is 0 Å². The molecular formula is C13H23BrN2O. The van der Waals surface area contributed by atoms with Crippen LogP contribution < -0.4 is 5.73 Å². The molecule has 0 saturated carbocycles. The van der Waals surface area contributed by atoms with Crippen LogP contribution >= 0.6 is 15.9 Å². The molecule has 1 heterocycles. The number of nitrogens with zero attached hydrogens (tertiary/aromatic N) is 1. The highest BCUT2D eigenvalue weighted by molar-refractivity contribution is 9.10. The van der Waals surface area contributed by atoms with Crippen molar-refractivity contribution in [2.24, 2.45) is 11.7 Å². The Hall–Kier alpha value is -0.320. The molecule has 0 aliphatic rings. The summed E-state index contributed by atoms with van der Waals surface area (Å²) >= 11 is 3.51. The predicted octanol–water partition coefficient (Wildman–Crippen LogP) is 3.41. The van der Waals surface area contributed by atoms with Crippen LogP contribution in [0.25, 0.3) is 0 Å². The van der Waals surface area contributed by atoms with Crippen LogP contribution in [-0.4, -0.2) is 24.5 Å². The van der Waals surface area contributed by atoms with Gasteiger partial charge in [0.05, 0.1) is 16.8 Å². The second kappa shape index (κ2) is 7.19. The molecular weight excluding hydrogens is 280 g/mol. The maximum absolute atomic E-state index is 5.90. The van der Waals surface area contributed by atoms with Gasteiger partial charge < -0.3 is 10.2 Å². The zero-order chi connectivity index (χ0) is 12.8. The van der Waals surface area contributed by atoms with Crippen molar-refractivity contribution >= 4 is 15.9 Å². The Morgan fingerprint density at radius 2 is 2.18 bits per heavy atom. The normalized spacial score (nSPS) is 15.2. The van der Waals surface area contributed by atoms with E-state index in [1.807, 2.05) is 6.07 Å². The van der Waals surface area contributed by atoms with Crippen molar-refractivity contribution in [2.75, 3.05) is 19.6 Å². The van der Waals surface area contributed by atoms with Gasteiger partial charge in [-0.1, -0.05) is 27.2 Å². The van der Waals surface area contributed by atoms with Crippen LogP contribution in [0, 0.1) is 5.92 Å². The van der Waals surface area contributed by atoms with E-state index in [2.05, 4.69) is 41.6 Å². The van der Waals surface area contributed by atoms with Gasteiger partial charge in [0.15, 0.2) is 0 Å². The van der Waals surface area contributed by atoms with E-state index in [1.165, 1.54) is 6.42 Å². The second-order valence-electron chi connectivity index (χ2n) is 4.49. The molecule has 0 fully saturated rings. The van der Waals surface area contributed by atoms with Gasteiger partial charge in [0.1, 0.15) is 5.76 Å². The van der Waals surface area contributed by atoms with Crippen molar-refractivity contribution in [2.45, 2.75) is 33.2 Å². The fourth-order valence-electron chi connectivity index (χ4n) is 1.97. The van der Waals surface area contributed by atoms with E-state index < -0.39 is 0 Å². The Bertz CT molecular complexity index is 327. The zero-order valence-corrected chi connectivity index (χ0v) is 12.5. The molecule has 0 spiro atoms. The summed E-state index contributed by atoms with van der Waals surface area (Å²) < 4.78 is 6.56. The molecule has 0 aliphatic carbocycles. The van der Waals surface area contributed by atoms with Gasteiger partial charge >= 0.3 is 0 Å². The Labute approximate surface area is 112 Å². The highest BCUT2D eigenvalue weighted by Gasteiger charge is 2.23. The molecule has 0 aromatic carbocycles. The highest BCUT2D eigenvalue weighted by atomic mass is 79.9. The summed E-state index contributed by atoms with van der Waals surface area (Å²) in [4.78, 5) is 2.39. The third-order valence-electron chi connectivity index (χ3n) is 3.26. The third kappa shape index (κ3) is 3.83. The molecule has 0 bridgehead atoms. The lowest BCUT2D eigenvalue weighted by atomic mass is 10.1. The van der Waals surface area contributed by atoms with Gasteiger partial charge in [-0.25, -0.2) is 0 Å². The number of hydrogen-bond donors (Lipinski definition) is 1. The van der Waals surface area contributed by atoms with Crippen LogP contribution in [0.2, 0.25) is 0 Å². The van der Waals surface area contributed by atoms with Gasteiger partial charge in [-0.15, -0.1) is 0 Å². The Kier molecular flexibility index (Phi) is 6.23. The monoisotopic (exact) mass is 302 g/mol. The van der Waals surface area contributed by atoms with Gasteiger partial charge in [-0.2, -0.15) is 0 Å². The van der Waals surface area contributed by atoms with Gasteiger partial charge in [-0.3, -0.25) is 4.90 Å². The lowest BCUT2D eigenvalue weighted by Gasteiger charge is -2.30. The molecule has 0 saturated heterocycles. The molecule has 4 heteroatoms. The van der Waals surface area contributed by atoms with E-state index in [9.17, 15) is 0 Å². The standard InChI is InChI=1S/C13H23BrN2O/c1-4-10(3)9-16(5-2)12(8-15)13-11(14)6-7-17-13/h6-7,10,12H,4-5,8-9,15H2,1-3H3. The van der Waals surface area contributed by atoms with Crippen LogP contribution in [0.1, 0.15) is 39.0 Å². The second-order valence-corrected chi connectivity index (χ2v) is 5.34. The van der Waals surface area contributed by atoms with Gasteiger partial charge in [-0.05, 0) is 34.5 Å². The summed E-state index contributed by atoms with van der Waals surface area (Å²) in [5.74, 6) is 1.62. The molecule has 98 valence electrons. The van der Waals surface area contributed by atoms with E-state index in [0.29, 0.717) is 12.5 Å². The molecule has 2 N–H and O–H groups in total. The van der Waals surface area contributed by atoms with Crippen LogP contribution in [0.4, 0.5) is 0 Å². The SMILES string of the molecule is CCC(C)CN(CC)C(CN)c1occc1Br. The number of hydrogen-bond acceptors (Lipinski definition) is 3. The maximum Gasteiger partial charge on any atom is 0.136 e. The minimum absolute atomic E-state index is 0.165. The summed E-state index contributed by atoms with van der Waals surface area (Å²) in [5.41, 5.74) is 5.90. The highest BCUT2D eigenvalue weighted by Crippen LogP contribution is 2.28. The van der Waals surface area contributed by atoms with Crippen molar-refractivity contribution in [3.8, 4) is 0 Å². The molecule has 0 radical (unpaired) electrons. The molecule has 1 aromatic rings. The minimum atomic E-state index is 0.165. The molecule has 1 aromatic heterocycles. The Morgan fingerprint density at radius 1 is 1.47 bits per heavy atom. The summed E-state index contributed by atoms with van der Waals surface area (Å²) in [6.45, 7) is 9.28. The molecule has 0 aliphatic heterocycles. The maximum atomic E-state index is 5.90. The van der Waals surface area contributed by atoms with E-state index in [1.54, 1.807) is 6.26 Å². The number of likely N-dealkylation sites (N-methyl/N-ethyl adjacent to an activating group) is 1. The molecule has 0 amide bonds. The fraction of sp³-hybridized carbons (Fsp3) is 0.692. The van der Waals surface area contributed by atoms with Crippen molar-refractivity contribution in [1.29, 1.82) is 0 Å². The molecule has 2 atom stereocenters. The average Bonchev–Trinajstić information content (AvgIpc) is 2.75. The van der Waals surface area contributed by atoms with Crippen molar-refractivity contribution < 1.29 is 4.42 Å². The van der Waals surface area contributed by atoms with E-state index in [-0.39, 0.29) is 6.04 Å². The van der Waals surface area contributed by atoms with E-state index >= 15 is 0 Å². The molecule has 1 rings (SSSR count). The topological polar surface area (TPSA) is 42.4 Å². The van der Waals surface area contributed by atoms with Gasteiger partial charge in [0.25, 0.3) is 0 Å². The van der Waals surface area contributed by atoms with Gasteiger partial charge in [0, 0.05) is 13.1 Å². The van der Waals surface area contributed by atoms with Crippen LogP contribution in [0.15, 0.2) is 21.2 Å². The quantitative estimate of drug-likeness (QED) is 0.839. The van der Waals surface area contributed by atoms with Crippen molar-refractivity contribution in [3.63, 3.8) is 0 Å². The van der Waals surface area contributed by atoms with Crippen molar-refractivity contribution in [3.05, 3.63) is 22.6 Å². The minimum Gasteiger partial charge on any atom is -0.466 e. The first kappa shape index (κ1) is 14.7. The van der Waals surface area contributed by atoms with Crippen LogP contribution in [0.5, 0.6) is 0 Å². The smallest absolute Gasteiger partial charge is 0.136 e. The zero-order valence-electron chi connectivity index (χ0n) is 10.9. The first-order valence-corrected chi connectivity index (χ1v) is 7.10. The van der Waals surface area contributed by atoms with Crippen LogP contribution in [0.3, 0.4) is 0 Å². The van der Waals surface area contributed by atoms with E-state index in [0.717, 1.165) is 23.3 Å². The largest absolute Gasteiger partial charge is 0.466 e. The fourth-order valence-corrected chi connectivity index (χ4v) is 2.44. The molecule has 17 heavy (non-hydrogen) atoms. The summed E-state index contributed by atoms with van der Waals surface area (Å²) in [7, 11) is 0. The molecule has 2 unspecified atom stereocenters. The number of nitrogens with two attached hydrogens (primary N) is 1. The third-order valence-corrected chi connectivity index (χ3v) is 3.92. The predicted molar refractivity (Wildman–Crippen MR) is 74.9 cm³/mol. The first-order chi connectivity index (χ1) is 8.13. The van der Waals surface area contributed by atoms with Crippen molar-refractivity contribution in [1.82, 2.24) is 4.90 Å². The lowest BCUT2D eigenvalue weighted by molar-refractivity contribution is 0.162. The number of furan rings is 1.